The second-order valence-electron chi connectivity index (χ2n) is 6.71. The predicted molar refractivity (Wildman–Crippen MR) is 105 cm³/mol. The Morgan fingerprint density at radius 1 is 1.25 bits per heavy atom. The summed E-state index contributed by atoms with van der Waals surface area (Å²) in [5.74, 6) is 1.22. The van der Waals surface area contributed by atoms with E-state index in [2.05, 4.69) is 15.6 Å². The maximum atomic E-state index is 12.4. The highest BCUT2D eigenvalue weighted by molar-refractivity contribution is 7.89. The number of hydrogen-bond acceptors (Lipinski definition) is 7. The van der Waals surface area contributed by atoms with Crippen molar-refractivity contribution in [1.82, 2.24) is 9.29 Å². The first-order valence-corrected chi connectivity index (χ1v) is 11.1. The SMILES string of the molecule is CC(C)S(=O)(=O)N1CCc2nc(NC(=O)Nc3ccc4c(c3)OCO4)sc2C1. The number of nitrogens with zero attached hydrogens (tertiary/aromatic N) is 2. The number of carbonyl (C=O) groups excluding carboxylic acids is 1. The standard InChI is InChI=1S/C17H20N4O5S2/c1-10(2)28(23,24)21-6-5-12-15(8-21)27-17(19-12)20-16(22)18-11-3-4-13-14(7-11)26-9-25-13/h3-4,7,10H,5-6,8-9H2,1-2H3,(H2,18,19,20,22). The third kappa shape index (κ3) is 3.64. The molecular formula is C17H20N4O5S2. The summed E-state index contributed by atoms with van der Waals surface area (Å²) < 4.78 is 36.8. The number of fused-ring (bicyclic) bond motifs is 2. The summed E-state index contributed by atoms with van der Waals surface area (Å²) in [5.41, 5.74) is 1.40. The minimum atomic E-state index is -3.31. The Kier molecular flexibility index (Phi) is 4.89. The van der Waals surface area contributed by atoms with Gasteiger partial charge in [-0.1, -0.05) is 11.3 Å². The Morgan fingerprint density at radius 2 is 2.04 bits per heavy atom. The van der Waals surface area contributed by atoms with Gasteiger partial charge in [0, 0.05) is 36.1 Å². The number of benzene rings is 1. The van der Waals surface area contributed by atoms with E-state index in [-0.39, 0.29) is 6.79 Å². The van der Waals surface area contributed by atoms with Crippen LogP contribution >= 0.6 is 11.3 Å². The van der Waals surface area contributed by atoms with Gasteiger partial charge in [-0.2, -0.15) is 4.31 Å². The molecule has 0 atom stereocenters. The van der Waals surface area contributed by atoms with Crippen molar-refractivity contribution >= 4 is 38.2 Å². The monoisotopic (exact) mass is 424 g/mol. The zero-order valence-corrected chi connectivity index (χ0v) is 17.0. The van der Waals surface area contributed by atoms with E-state index in [0.29, 0.717) is 41.8 Å². The summed E-state index contributed by atoms with van der Waals surface area (Å²) in [7, 11) is -3.31. The topological polar surface area (TPSA) is 110 Å². The van der Waals surface area contributed by atoms with Crippen LogP contribution < -0.4 is 20.1 Å². The van der Waals surface area contributed by atoms with Crippen molar-refractivity contribution in [2.75, 3.05) is 24.0 Å². The van der Waals surface area contributed by atoms with Crippen LogP contribution in [0, 0.1) is 0 Å². The molecule has 2 aliphatic rings. The first-order valence-electron chi connectivity index (χ1n) is 8.78. The van der Waals surface area contributed by atoms with Gasteiger partial charge in [-0.25, -0.2) is 18.2 Å². The molecule has 0 saturated heterocycles. The highest BCUT2D eigenvalue weighted by atomic mass is 32.2. The number of rotatable bonds is 4. The van der Waals surface area contributed by atoms with Crippen molar-refractivity contribution in [3.8, 4) is 11.5 Å². The Morgan fingerprint density at radius 3 is 2.82 bits per heavy atom. The van der Waals surface area contributed by atoms with Crippen LogP contribution in [0.25, 0.3) is 0 Å². The average molecular weight is 425 g/mol. The molecule has 3 heterocycles. The summed E-state index contributed by atoms with van der Waals surface area (Å²) in [6.45, 7) is 4.20. The van der Waals surface area contributed by atoms with Gasteiger partial charge >= 0.3 is 6.03 Å². The van der Waals surface area contributed by atoms with Crippen LogP contribution in [0.2, 0.25) is 0 Å². The molecule has 0 spiro atoms. The molecule has 0 aliphatic carbocycles. The lowest BCUT2D eigenvalue weighted by molar-refractivity contribution is 0.174. The number of sulfonamides is 1. The first-order chi connectivity index (χ1) is 13.3. The van der Waals surface area contributed by atoms with Crippen molar-refractivity contribution in [1.29, 1.82) is 0 Å². The minimum Gasteiger partial charge on any atom is -0.454 e. The molecule has 0 bridgehead atoms. The van der Waals surface area contributed by atoms with Gasteiger partial charge in [-0.3, -0.25) is 5.32 Å². The lowest BCUT2D eigenvalue weighted by atomic mass is 10.2. The molecule has 2 aliphatic heterocycles. The molecule has 9 nitrogen and oxygen atoms in total. The number of thiazole rings is 1. The van der Waals surface area contributed by atoms with Crippen molar-refractivity contribution < 1.29 is 22.7 Å². The van der Waals surface area contributed by atoms with Crippen molar-refractivity contribution in [3.05, 3.63) is 28.8 Å². The third-order valence-electron chi connectivity index (χ3n) is 4.50. The van der Waals surface area contributed by atoms with E-state index in [1.54, 1.807) is 32.0 Å². The Bertz CT molecular complexity index is 1020. The van der Waals surface area contributed by atoms with Gasteiger partial charge in [0.05, 0.1) is 10.9 Å². The molecule has 28 heavy (non-hydrogen) atoms. The first kappa shape index (κ1) is 19.0. The van der Waals surface area contributed by atoms with Gasteiger partial charge in [0.1, 0.15) is 0 Å². The molecule has 0 unspecified atom stereocenters. The summed E-state index contributed by atoms with van der Waals surface area (Å²) in [5, 5.41) is 5.40. The number of nitrogens with one attached hydrogen (secondary N) is 2. The fourth-order valence-corrected chi connectivity index (χ4v) is 5.33. The van der Waals surface area contributed by atoms with Crippen LogP contribution in [0.5, 0.6) is 11.5 Å². The van der Waals surface area contributed by atoms with Gasteiger partial charge in [-0.05, 0) is 26.0 Å². The quantitative estimate of drug-likeness (QED) is 0.781. The maximum absolute atomic E-state index is 12.4. The largest absolute Gasteiger partial charge is 0.454 e. The number of carbonyl (C=O) groups is 1. The Labute approximate surface area is 166 Å². The van der Waals surface area contributed by atoms with Gasteiger partial charge in [0.2, 0.25) is 16.8 Å². The molecule has 0 radical (unpaired) electrons. The number of ether oxygens (including phenoxy) is 2. The summed E-state index contributed by atoms with van der Waals surface area (Å²) >= 11 is 1.29. The molecule has 2 amide bonds. The summed E-state index contributed by atoms with van der Waals surface area (Å²) in [6, 6.07) is 4.69. The zero-order chi connectivity index (χ0) is 19.9. The Hall–Kier alpha value is -2.37. The molecule has 1 aromatic heterocycles. The van der Waals surface area contributed by atoms with E-state index in [9.17, 15) is 13.2 Å². The molecule has 0 fully saturated rings. The van der Waals surface area contributed by atoms with Crippen LogP contribution in [0.4, 0.5) is 15.6 Å². The van der Waals surface area contributed by atoms with E-state index in [0.717, 1.165) is 10.6 Å². The number of amides is 2. The van der Waals surface area contributed by atoms with Gasteiger partial charge < -0.3 is 14.8 Å². The highest BCUT2D eigenvalue weighted by Crippen LogP contribution is 2.34. The van der Waals surface area contributed by atoms with Gasteiger partial charge in [-0.15, -0.1) is 0 Å². The molecule has 4 rings (SSSR count). The normalized spacial score (nSPS) is 16.1. The van der Waals surface area contributed by atoms with E-state index in [1.807, 2.05) is 0 Å². The van der Waals surface area contributed by atoms with Crippen molar-refractivity contribution in [2.45, 2.75) is 32.1 Å². The van der Waals surface area contributed by atoms with Gasteiger partial charge in [0.25, 0.3) is 0 Å². The molecule has 0 saturated carbocycles. The maximum Gasteiger partial charge on any atom is 0.325 e. The zero-order valence-electron chi connectivity index (χ0n) is 15.4. The van der Waals surface area contributed by atoms with E-state index in [1.165, 1.54) is 15.6 Å². The molecule has 11 heteroatoms. The number of anilines is 2. The lowest BCUT2D eigenvalue weighted by Crippen LogP contribution is -2.39. The third-order valence-corrected chi connectivity index (χ3v) is 7.72. The molecule has 2 aromatic rings. The molecular weight excluding hydrogens is 404 g/mol. The smallest absolute Gasteiger partial charge is 0.325 e. The minimum absolute atomic E-state index is 0.166. The van der Waals surface area contributed by atoms with Crippen LogP contribution in [0.15, 0.2) is 18.2 Å². The fraction of sp³-hybridized carbons (Fsp3) is 0.412. The van der Waals surface area contributed by atoms with Crippen LogP contribution in [0.1, 0.15) is 24.4 Å². The summed E-state index contributed by atoms with van der Waals surface area (Å²) in [4.78, 5) is 17.6. The number of aromatic nitrogens is 1. The summed E-state index contributed by atoms with van der Waals surface area (Å²) in [6.07, 6.45) is 0.531. The predicted octanol–water partition coefficient (Wildman–Crippen LogP) is 2.61. The van der Waals surface area contributed by atoms with Crippen molar-refractivity contribution in [3.63, 3.8) is 0 Å². The van der Waals surface area contributed by atoms with E-state index in [4.69, 9.17) is 9.47 Å². The van der Waals surface area contributed by atoms with Crippen LogP contribution in [0.3, 0.4) is 0 Å². The van der Waals surface area contributed by atoms with E-state index < -0.39 is 21.3 Å². The lowest BCUT2D eigenvalue weighted by Gasteiger charge is -2.26. The molecule has 2 N–H and O–H groups in total. The highest BCUT2D eigenvalue weighted by Gasteiger charge is 2.31. The van der Waals surface area contributed by atoms with Crippen LogP contribution in [-0.4, -0.2) is 42.3 Å². The molecule has 1 aromatic carbocycles. The number of hydrogen-bond donors (Lipinski definition) is 2. The Balaban J connectivity index is 1.41. The fourth-order valence-electron chi connectivity index (χ4n) is 2.97. The van der Waals surface area contributed by atoms with Gasteiger partial charge in [0.15, 0.2) is 16.6 Å². The number of urea groups is 1. The van der Waals surface area contributed by atoms with E-state index >= 15 is 0 Å². The van der Waals surface area contributed by atoms with Crippen molar-refractivity contribution in [2.24, 2.45) is 0 Å². The second kappa shape index (κ2) is 7.22. The molecule has 150 valence electrons. The van der Waals surface area contributed by atoms with Crippen LogP contribution in [-0.2, 0) is 23.0 Å². The average Bonchev–Trinajstić information content (AvgIpc) is 3.26. The second-order valence-corrected chi connectivity index (χ2v) is 10.3.